The maximum absolute atomic E-state index is 11.6. The maximum Gasteiger partial charge on any atom is 0.273 e. The number of rotatable bonds is 3. The van der Waals surface area contributed by atoms with E-state index in [-0.39, 0.29) is 11.4 Å². The molecule has 1 amide bonds. The molecule has 1 fully saturated rings. The Balaban J connectivity index is 2.01. The summed E-state index contributed by atoms with van der Waals surface area (Å²) in [6.07, 6.45) is 3.27. The third-order valence-corrected chi connectivity index (χ3v) is 4.12. The highest BCUT2D eigenvalue weighted by Crippen LogP contribution is 2.33. The smallest absolute Gasteiger partial charge is 0.273 e. The minimum atomic E-state index is -0.113. The molecular formula is C8H10BrN3OS. The van der Waals surface area contributed by atoms with Crippen LogP contribution in [0.25, 0.3) is 0 Å². The Kier molecular flexibility index (Phi) is 2.83. The van der Waals surface area contributed by atoms with Gasteiger partial charge in [-0.05, 0) is 30.8 Å². The summed E-state index contributed by atoms with van der Waals surface area (Å²) >= 11 is 4.62. The van der Waals surface area contributed by atoms with Gasteiger partial charge in [-0.15, -0.1) is 5.10 Å². The Bertz CT molecular complexity index is 318. The van der Waals surface area contributed by atoms with Crippen molar-refractivity contribution in [1.82, 2.24) is 14.9 Å². The molecule has 0 aliphatic heterocycles. The standard InChI is InChI=1S/C8H10BrN3OS/c9-5-8(2-1-3-8)10-7(13)6-4-14-12-11-6/h4H,1-3,5H2,(H,10,13). The van der Waals surface area contributed by atoms with Gasteiger partial charge < -0.3 is 5.32 Å². The SMILES string of the molecule is O=C(NC1(CBr)CCC1)c1csnn1. The highest BCUT2D eigenvalue weighted by atomic mass is 79.9. The van der Waals surface area contributed by atoms with E-state index in [9.17, 15) is 4.79 Å². The van der Waals surface area contributed by atoms with Gasteiger partial charge in [0.2, 0.25) is 0 Å². The molecule has 1 aromatic rings. The summed E-state index contributed by atoms with van der Waals surface area (Å²) in [4.78, 5) is 11.6. The summed E-state index contributed by atoms with van der Waals surface area (Å²) in [6, 6.07) is 0. The summed E-state index contributed by atoms with van der Waals surface area (Å²) in [6.45, 7) is 0. The molecule has 1 aliphatic rings. The first-order valence-corrected chi connectivity index (χ1v) is 6.37. The number of aromatic nitrogens is 2. The third-order valence-electron chi connectivity index (χ3n) is 2.54. The lowest BCUT2D eigenvalue weighted by atomic mass is 9.78. The molecule has 1 aliphatic carbocycles. The zero-order chi connectivity index (χ0) is 10.0. The Hall–Kier alpha value is -0.490. The highest BCUT2D eigenvalue weighted by molar-refractivity contribution is 9.09. The normalized spacial score (nSPS) is 18.6. The van der Waals surface area contributed by atoms with Crippen LogP contribution in [0.15, 0.2) is 5.38 Å². The molecule has 0 atom stereocenters. The van der Waals surface area contributed by atoms with E-state index in [1.54, 1.807) is 5.38 Å². The minimum absolute atomic E-state index is 0.0410. The molecule has 0 radical (unpaired) electrons. The van der Waals surface area contributed by atoms with Crippen LogP contribution in [0.2, 0.25) is 0 Å². The van der Waals surface area contributed by atoms with Crippen molar-refractivity contribution < 1.29 is 4.79 Å². The molecule has 0 aromatic carbocycles. The molecule has 2 rings (SSSR count). The predicted octanol–water partition coefficient (Wildman–Crippen LogP) is 1.59. The fraction of sp³-hybridized carbons (Fsp3) is 0.625. The van der Waals surface area contributed by atoms with Crippen molar-refractivity contribution in [1.29, 1.82) is 0 Å². The van der Waals surface area contributed by atoms with Crippen molar-refractivity contribution in [2.24, 2.45) is 0 Å². The maximum atomic E-state index is 11.6. The van der Waals surface area contributed by atoms with E-state index in [4.69, 9.17) is 0 Å². The molecule has 0 bridgehead atoms. The lowest BCUT2D eigenvalue weighted by molar-refractivity contribution is 0.0851. The monoisotopic (exact) mass is 275 g/mol. The highest BCUT2D eigenvalue weighted by Gasteiger charge is 2.37. The van der Waals surface area contributed by atoms with Crippen molar-refractivity contribution in [3.05, 3.63) is 11.1 Å². The quantitative estimate of drug-likeness (QED) is 0.853. The average Bonchev–Trinajstić information content (AvgIpc) is 2.63. The Morgan fingerprint density at radius 2 is 2.50 bits per heavy atom. The van der Waals surface area contributed by atoms with Crippen LogP contribution < -0.4 is 5.32 Å². The van der Waals surface area contributed by atoms with Gasteiger partial charge in [0.05, 0.1) is 5.54 Å². The average molecular weight is 276 g/mol. The minimum Gasteiger partial charge on any atom is -0.344 e. The molecule has 4 nitrogen and oxygen atoms in total. The van der Waals surface area contributed by atoms with Crippen LogP contribution in [0, 0.1) is 0 Å². The number of alkyl halides is 1. The second kappa shape index (κ2) is 3.94. The van der Waals surface area contributed by atoms with E-state index in [2.05, 4.69) is 30.8 Å². The Labute approximate surface area is 94.4 Å². The number of hydrogen-bond acceptors (Lipinski definition) is 4. The van der Waals surface area contributed by atoms with Gasteiger partial charge in [-0.25, -0.2) is 0 Å². The molecule has 1 aromatic heterocycles. The number of amides is 1. The van der Waals surface area contributed by atoms with Gasteiger partial charge in [0.15, 0.2) is 5.69 Å². The van der Waals surface area contributed by atoms with E-state index < -0.39 is 0 Å². The fourth-order valence-corrected chi connectivity index (χ4v) is 2.60. The lowest BCUT2D eigenvalue weighted by Crippen LogP contribution is -2.54. The summed E-state index contributed by atoms with van der Waals surface area (Å²) < 4.78 is 3.66. The summed E-state index contributed by atoms with van der Waals surface area (Å²) in [5, 5.41) is 9.21. The molecule has 1 heterocycles. The van der Waals surface area contributed by atoms with E-state index >= 15 is 0 Å². The van der Waals surface area contributed by atoms with Gasteiger partial charge in [-0.3, -0.25) is 4.79 Å². The van der Waals surface area contributed by atoms with Crippen LogP contribution in [-0.4, -0.2) is 26.4 Å². The Morgan fingerprint density at radius 1 is 1.71 bits per heavy atom. The van der Waals surface area contributed by atoms with Crippen LogP contribution in [0.4, 0.5) is 0 Å². The number of nitrogens with zero attached hydrogens (tertiary/aromatic N) is 2. The van der Waals surface area contributed by atoms with Gasteiger partial charge in [0, 0.05) is 10.7 Å². The van der Waals surface area contributed by atoms with Crippen molar-refractivity contribution in [2.75, 3.05) is 5.33 Å². The first-order valence-electron chi connectivity index (χ1n) is 4.41. The van der Waals surface area contributed by atoms with Crippen molar-refractivity contribution in [2.45, 2.75) is 24.8 Å². The lowest BCUT2D eigenvalue weighted by Gasteiger charge is -2.40. The van der Waals surface area contributed by atoms with E-state index in [0.717, 1.165) is 18.2 Å². The second-order valence-electron chi connectivity index (χ2n) is 3.51. The van der Waals surface area contributed by atoms with Crippen LogP contribution in [0.1, 0.15) is 29.8 Å². The van der Waals surface area contributed by atoms with Crippen LogP contribution in [0.3, 0.4) is 0 Å². The van der Waals surface area contributed by atoms with Gasteiger partial charge in [-0.1, -0.05) is 20.4 Å². The van der Waals surface area contributed by atoms with Crippen LogP contribution in [0.5, 0.6) is 0 Å². The van der Waals surface area contributed by atoms with Crippen molar-refractivity contribution >= 4 is 33.4 Å². The zero-order valence-electron chi connectivity index (χ0n) is 7.49. The summed E-state index contributed by atoms with van der Waals surface area (Å²) in [5.41, 5.74) is 0.378. The predicted molar refractivity (Wildman–Crippen MR) is 57.8 cm³/mol. The first-order chi connectivity index (χ1) is 6.76. The van der Waals surface area contributed by atoms with Crippen molar-refractivity contribution in [3.8, 4) is 0 Å². The molecule has 0 spiro atoms. The third kappa shape index (κ3) is 1.81. The molecule has 1 saturated carbocycles. The summed E-state index contributed by atoms with van der Waals surface area (Å²) in [7, 11) is 0. The molecule has 14 heavy (non-hydrogen) atoms. The number of halogens is 1. The zero-order valence-corrected chi connectivity index (χ0v) is 9.90. The number of carbonyl (C=O) groups is 1. The fourth-order valence-electron chi connectivity index (χ4n) is 1.46. The Morgan fingerprint density at radius 3 is 2.93 bits per heavy atom. The van der Waals surface area contributed by atoms with Gasteiger partial charge in [0.1, 0.15) is 0 Å². The van der Waals surface area contributed by atoms with Gasteiger partial charge >= 0.3 is 0 Å². The molecular weight excluding hydrogens is 266 g/mol. The molecule has 76 valence electrons. The number of hydrogen-bond donors (Lipinski definition) is 1. The second-order valence-corrected chi connectivity index (χ2v) is 4.68. The van der Waals surface area contributed by atoms with E-state index in [1.807, 2.05) is 0 Å². The van der Waals surface area contributed by atoms with E-state index in [0.29, 0.717) is 5.69 Å². The molecule has 0 unspecified atom stereocenters. The van der Waals surface area contributed by atoms with Crippen LogP contribution in [-0.2, 0) is 0 Å². The van der Waals surface area contributed by atoms with Crippen molar-refractivity contribution in [3.63, 3.8) is 0 Å². The van der Waals surface area contributed by atoms with Gasteiger partial charge in [0.25, 0.3) is 5.91 Å². The first kappa shape index (κ1) is 10.0. The van der Waals surface area contributed by atoms with Gasteiger partial charge in [-0.2, -0.15) is 0 Å². The number of carbonyl (C=O) groups excluding carboxylic acids is 1. The molecule has 6 heteroatoms. The molecule has 0 saturated heterocycles. The van der Waals surface area contributed by atoms with Crippen LogP contribution >= 0.6 is 27.5 Å². The largest absolute Gasteiger partial charge is 0.344 e. The molecule has 1 N–H and O–H groups in total. The summed E-state index contributed by atoms with van der Waals surface area (Å²) in [5.74, 6) is -0.113. The van der Waals surface area contributed by atoms with E-state index in [1.165, 1.54) is 18.0 Å². The topological polar surface area (TPSA) is 54.9 Å². The number of nitrogens with one attached hydrogen (secondary N) is 1.